The number of carbonyl (C=O) groups is 3. The van der Waals surface area contributed by atoms with Gasteiger partial charge in [-0.2, -0.15) is 0 Å². The van der Waals surface area contributed by atoms with E-state index < -0.39 is 0 Å². The number of carbonyl (C=O) groups excluding carboxylic acids is 3. The van der Waals surface area contributed by atoms with Crippen molar-refractivity contribution in [3.63, 3.8) is 0 Å². The van der Waals surface area contributed by atoms with Gasteiger partial charge in [-0.3, -0.25) is 14.4 Å². The van der Waals surface area contributed by atoms with E-state index in [9.17, 15) is 14.4 Å². The van der Waals surface area contributed by atoms with E-state index in [4.69, 9.17) is 14.2 Å². The maximum Gasteiger partial charge on any atom is 0.305 e. The Balaban J connectivity index is 0.00000451. The van der Waals surface area contributed by atoms with Crippen LogP contribution < -0.4 is 43.9 Å². The van der Waals surface area contributed by atoms with Crippen LogP contribution in [0.3, 0.4) is 0 Å². The molecule has 4 heterocycles. The maximum absolute atomic E-state index is 12.3. The molecule has 4 N–H and O–H groups in total. The third-order valence-electron chi connectivity index (χ3n) is 9.99. The number of hydrogen-bond donors (Lipinski definition) is 4. The van der Waals surface area contributed by atoms with Gasteiger partial charge < -0.3 is 58.1 Å². The summed E-state index contributed by atoms with van der Waals surface area (Å²) in [6, 6.07) is 0. The Bertz CT molecular complexity index is 1850. The van der Waals surface area contributed by atoms with Crippen molar-refractivity contribution in [2.45, 2.75) is 99.8 Å². The molecule has 0 saturated heterocycles. The van der Waals surface area contributed by atoms with E-state index in [2.05, 4.69) is 73.6 Å². The molecule has 51 heavy (non-hydrogen) atoms. The molecule has 278 valence electrons. The fourth-order valence-corrected chi connectivity index (χ4v) is 6.97. The van der Waals surface area contributed by atoms with Crippen LogP contribution >= 0.6 is 0 Å². The van der Waals surface area contributed by atoms with Crippen LogP contribution in [0.5, 0.6) is 0 Å². The molecule has 0 fully saturated rings. The molecule has 2 aliphatic heterocycles. The molecule has 10 nitrogen and oxygen atoms in total. The van der Waals surface area contributed by atoms with Crippen LogP contribution in [0.2, 0.25) is 0 Å². The van der Waals surface area contributed by atoms with E-state index in [-0.39, 0.29) is 64.7 Å². The highest BCUT2D eigenvalue weighted by molar-refractivity contribution is 6.15. The third kappa shape index (κ3) is 9.97. The SMILES string of the molecule is CCc1c(C)[nH]c(/C=C2\[NH+]=C(CC3=[NH+]/C(=C/c4[nH]c(C)c(CCC(=O)OC)c4C)C(C)=C3CCC(=O)OC)C(C)=C2CCC(=O)OC)c1C.[Br-].[Br-]. The summed E-state index contributed by atoms with van der Waals surface area (Å²) in [6.45, 7) is 14.7. The van der Waals surface area contributed by atoms with E-state index >= 15 is 0 Å². The number of aromatic nitrogens is 2. The minimum atomic E-state index is -0.260. The van der Waals surface area contributed by atoms with Gasteiger partial charge in [0.2, 0.25) is 11.4 Å². The Labute approximate surface area is 322 Å². The van der Waals surface area contributed by atoms with Crippen LogP contribution in [0.1, 0.15) is 104 Å². The molecule has 0 saturated carbocycles. The van der Waals surface area contributed by atoms with E-state index in [0.29, 0.717) is 32.1 Å². The first-order chi connectivity index (χ1) is 23.3. The van der Waals surface area contributed by atoms with E-state index in [1.54, 1.807) is 0 Å². The Morgan fingerprint density at radius 3 is 1.57 bits per heavy atom. The maximum atomic E-state index is 12.3. The standard InChI is InChI=1S/C39H50N4O6.2BrH/c1-11-27-21(2)32(40-25(27)6)19-35-30(14-17-39(46)49-10)24(5)34(43-35)20-36-29(13-16-38(45)48-9)23(4)33(42-36)18-31-22(3)28(26(7)41-31)12-15-37(44)47-8;;/h18-19,40-41H,11-17,20H2,1-10H3;2*1H/b33-18+,35-19-;;. The van der Waals surface area contributed by atoms with Crippen molar-refractivity contribution in [3.8, 4) is 0 Å². The van der Waals surface area contributed by atoms with Crippen molar-refractivity contribution in [3.05, 3.63) is 78.7 Å². The molecule has 4 rings (SSSR count). The number of aromatic amines is 2. The summed E-state index contributed by atoms with van der Waals surface area (Å²) in [4.78, 5) is 50.7. The number of aryl methyl sites for hydroxylation is 2. The summed E-state index contributed by atoms with van der Waals surface area (Å²) in [5.41, 5.74) is 17.2. The smallest absolute Gasteiger partial charge is 0.305 e. The number of methoxy groups -OCH3 is 3. The summed E-state index contributed by atoms with van der Waals surface area (Å²) < 4.78 is 14.8. The fraction of sp³-hybridized carbons (Fsp3) is 0.462. The van der Waals surface area contributed by atoms with Crippen LogP contribution in [-0.4, -0.2) is 60.6 Å². The Morgan fingerprint density at radius 1 is 0.608 bits per heavy atom. The van der Waals surface area contributed by atoms with Gasteiger partial charge in [-0.25, -0.2) is 9.98 Å². The summed E-state index contributed by atoms with van der Waals surface area (Å²) in [6.07, 6.45) is 8.30. The predicted molar refractivity (Wildman–Crippen MR) is 191 cm³/mol. The van der Waals surface area contributed by atoms with E-state index in [1.165, 1.54) is 32.5 Å². The van der Waals surface area contributed by atoms with Crippen molar-refractivity contribution < 1.29 is 72.5 Å². The molecule has 0 aromatic carbocycles. The average molecular weight is 833 g/mol. The second-order valence-corrected chi connectivity index (χ2v) is 12.8. The van der Waals surface area contributed by atoms with Crippen LogP contribution in [0, 0.1) is 27.7 Å². The summed E-state index contributed by atoms with van der Waals surface area (Å²) >= 11 is 0. The quantitative estimate of drug-likeness (QED) is 0.124. The van der Waals surface area contributed by atoms with Gasteiger partial charge in [0.15, 0.2) is 11.4 Å². The van der Waals surface area contributed by atoms with Gasteiger partial charge in [0, 0.05) is 76.5 Å². The van der Waals surface area contributed by atoms with Crippen molar-refractivity contribution in [1.82, 2.24) is 9.97 Å². The zero-order chi connectivity index (χ0) is 36.0. The van der Waals surface area contributed by atoms with Crippen LogP contribution in [0.15, 0.2) is 33.7 Å². The molecule has 0 bridgehead atoms. The number of esters is 3. The first-order valence-corrected chi connectivity index (χ1v) is 17.0. The average Bonchev–Trinajstić information content (AvgIpc) is 3.73. The second kappa shape index (κ2) is 19.2. The molecule has 0 atom stereocenters. The summed E-state index contributed by atoms with van der Waals surface area (Å²) in [5, 5.41) is 0. The van der Waals surface area contributed by atoms with Gasteiger partial charge in [0.05, 0.1) is 21.3 Å². The molecular formula is C39H52Br2N4O6. The third-order valence-corrected chi connectivity index (χ3v) is 9.99. The first kappa shape index (κ1) is 43.4. The zero-order valence-corrected chi connectivity index (χ0v) is 34.7. The largest absolute Gasteiger partial charge is 1.00 e. The monoisotopic (exact) mass is 830 g/mol. The minimum absolute atomic E-state index is 0. The van der Waals surface area contributed by atoms with Gasteiger partial charge in [0.1, 0.15) is 6.42 Å². The zero-order valence-electron chi connectivity index (χ0n) is 31.5. The molecule has 0 unspecified atom stereocenters. The van der Waals surface area contributed by atoms with Gasteiger partial charge in [-0.05, 0) is 89.5 Å². The lowest BCUT2D eigenvalue weighted by molar-refractivity contribution is -0.393. The first-order valence-electron chi connectivity index (χ1n) is 17.0. The Hall–Kier alpha value is -3.77. The number of H-pyrrole nitrogens is 2. The topological polar surface area (TPSA) is 138 Å². The molecule has 12 heteroatoms. The summed E-state index contributed by atoms with van der Waals surface area (Å²) in [7, 11) is 4.23. The number of allylic oxidation sites excluding steroid dienone is 4. The molecule has 2 aliphatic rings. The minimum Gasteiger partial charge on any atom is -1.00 e. The molecule has 0 radical (unpaired) electrons. The number of nitrogens with one attached hydrogen (secondary N) is 4. The van der Waals surface area contributed by atoms with Crippen LogP contribution in [0.25, 0.3) is 12.2 Å². The number of ether oxygens (including phenoxy) is 3. The summed E-state index contributed by atoms with van der Waals surface area (Å²) in [5.74, 6) is -0.741. The van der Waals surface area contributed by atoms with E-state index in [0.717, 1.165) is 85.4 Å². The Morgan fingerprint density at radius 2 is 1.06 bits per heavy atom. The van der Waals surface area contributed by atoms with Gasteiger partial charge in [0.25, 0.3) is 0 Å². The number of hydrogen-bond acceptors (Lipinski definition) is 6. The Kier molecular flexibility index (Phi) is 16.3. The lowest BCUT2D eigenvalue weighted by Crippen LogP contribution is -3.00. The fourth-order valence-electron chi connectivity index (χ4n) is 6.97. The molecular weight excluding hydrogens is 780 g/mol. The molecule has 0 aliphatic carbocycles. The van der Waals surface area contributed by atoms with Crippen molar-refractivity contribution >= 4 is 41.5 Å². The number of halogens is 2. The highest BCUT2D eigenvalue weighted by Crippen LogP contribution is 2.29. The number of rotatable bonds is 14. The van der Waals surface area contributed by atoms with Crippen molar-refractivity contribution in [2.24, 2.45) is 0 Å². The highest BCUT2D eigenvalue weighted by Gasteiger charge is 2.35. The van der Waals surface area contributed by atoms with E-state index in [1.807, 2.05) is 6.92 Å². The second-order valence-electron chi connectivity index (χ2n) is 12.8. The van der Waals surface area contributed by atoms with Gasteiger partial charge in [-0.1, -0.05) is 6.92 Å². The predicted octanol–water partition coefficient (Wildman–Crippen LogP) is -2.37. The van der Waals surface area contributed by atoms with Crippen molar-refractivity contribution in [2.75, 3.05) is 21.3 Å². The van der Waals surface area contributed by atoms with Crippen LogP contribution in [0.4, 0.5) is 0 Å². The molecule has 0 amide bonds. The normalized spacial score (nSPS) is 15.6. The van der Waals surface area contributed by atoms with Crippen molar-refractivity contribution in [1.29, 1.82) is 0 Å². The lowest BCUT2D eigenvalue weighted by atomic mass is 9.94. The highest BCUT2D eigenvalue weighted by atomic mass is 79.9. The molecule has 2 aromatic rings. The van der Waals surface area contributed by atoms with Gasteiger partial charge in [-0.15, -0.1) is 0 Å². The lowest BCUT2D eigenvalue weighted by Gasteiger charge is -2.04. The molecule has 2 aromatic heterocycles. The van der Waals surface area contributed by atoms with Gasteiger partial charge >= 0.3 is 17.9 Å². The van der Waals surface area contributed by atoms with Crippen LogP contribution in [-0.2, 0) is 41.4 Å². The molecule has 0 spiro atoms.